The van der Waals surface area contributed by atoms with Gasteiger partial charge < -0.3 is 14.8 Å². The Hall–Kier alpha value is -2.64. The smallest absolute Gasteiger partial charge is 0.255 e. The molecular formula is C17H23N5O3. The number of tetrazole rings is 1. The number of carbonyl (C=O) groups is 1. The first-order valence-corrected chi connectivity index (χ1v) is 8.50. The maximum Gasteiger partial charge on any atom is 0.255 e. The second-order valence-electron chi connectivity index (χ2n) is 6.06. The number of hydrogen-bond acceptors (Lipinski definition) is 6. The van der Waals surface area contributed by atoms with Crippen LogP contribution in [0.2, 0.25) is 0 Å². The Morgan fingerprint density at radius 3 is 2.76 bits per heavy atom. The number of aromatic nitrogens is 4. The number of benzene rings is 1. The first-order chi connectivity index (χ1) is 12.2. The zero-order chi connectivity index (χ0) is 17.6. The van der Waals surface area contributed by atoms with E-state index in [1.54, 1.807) is 18.2 Å². The summed E-state index contributed by atoms with van der Waals surface area (Å²) >= 11 is 0. The number of para-hydroxylation sites is 1. The van der Waals surface area contributed by atoms with Crippen molar-refractivity contribution in [3.63, 3.8) is 0 Å². The maximum atomic E-state index is 12.6. The van der Waals surface area contributed by atoms with Gasteiger partial charge in [-0.25, -0.2) is 4.68 Å². The minimum atomic E-state index is -0.256. The highest BCUT2D eigenvalue weighted by molar-refractivity contribution is 5.97. The summed E-state index contributed by atoms with van der Waals surface area (Å²) in [6.07, 6.45) is 5.81. The predicted molar refractivity (Wildman–Crippen MR) is 90.7 cm³/mol. The average molecular weight is 345 g/mol. The summed E-state index contributed by atoms with van der Waals surface area (Å²) in [5.74, 6) is 1.34. The fourth-order valence-electron chi connectivity index (χ4n) is 3.26. The predicted octanol–water partition coefficient (Wildman–Crippen LogP) is 2.13. The molecule has 8 nitrogen and oxygen atoms in total. The molecule has 134 valence electrons. The van der Waals surface area contributed by atoms with Crippen LogP contribution in [0.1, 0.15) is 54.3 Å². The summed E-state index contributed by atoms with van der Waals surface area (Å²) in [6, 6.07) is 5.52. The molecule has 8 heteroatoms. The molecule has 0 aliphatic heterocycles. The third-order valence-electron chi connectivity index (χ3n) is 4.54. The molecule has 0 bridgehead atoms. The van der Waals surface area contributed by atoms with Gasteiger partial charge in [-0.3, -0.25) is 4.79 Å². The number of ether oxygens (including phenoxy) is 2. The highest BCUT2D eigenvalue weighted by Gasteiger charge is 2.21. The fourth-order valence-corrected chi connectivity index (χ4v) is 3.26. The molecule has 3 rings (SSSR count). The zero-order valence-electron chi connectivity index (χ0n) is 14.6. The molecule has 1 aliphatic rings. The monoisotopic (exact) mass is 345 g/mol. The molecule has 2 aromatic rings. The number of rotatable bonds is 6. The lowest BCUT2D eigenvalue weighted by Crippen LogP contribution is -2.27. The Morgan fingerprint density at radius 2 is 2.04 bits per heavy atom. The fraction of sp³-hybridized carbons (Fsp3) is 0.529. The minimum absolute atomic E-state index is 0.256. The van der Waals surface area contributed by atoms with Crippen LogP contribution >= 0.6 is 0 Å². The maximum absolute atomic E-state index is 12.6. The number of hydrogen-bond donors (Lipinski definition) is 1. The third kappa shape index (κ3) is 3.72. The van der Waals surface area contributed by atoms with Crippen LogP contribution in [-0.4, -0.2) is 40.3 Å². The van der Waals surface area contributed by atoms with Crippen LogP contribution in [0.4, 0.5) is 0 Å². The molecule has 1 amide bonds. The second-order valence-corrected chi connectivity index (χ2v) is 6.06. The lowest BCUT2D eigenvalue weighted by atomic mass is 9.95. The summed E-state index contributed by atoms with van der Waals surface area (Å²) in [5.41, 5.74) is 0.415. The molecule has 1 aromatic heterocycles. The van der Waals surface area contributed by atoms with Gasteiger partial charge >= 0.3 is 0 Å². The van der Waals surface area contributed by atoms with Gasteiger partial charge in [0.05, 0.1) is 32.4 Å². The highest BCUT2D eigenvalue weighted by Crippen LogP contribution is 2.31. The van der Waals surface area contributed by atoms with Crippen molar-refractivity contribution >= 4 is 5.91 Å². The van der Waals surface area contributed by atoms with Crippen LogP contribution in [0.25, 0.3) is 0 Å². The number of nitrogens with one attached hydrogen (secondary N) is 1. The average Bonchev–Trinajstić information content (AvgIpc) is 3.14. The van der Waals surface area contributed by atoms with Crippen LogP contribution in [0, 0.1) is 0 Å². The first-order valence-electron chi connectivity index (χ1n) is 8.50. The summed E-state index contributed by atoms with van der Waals surface area (Å²) in [6.45, 7) is 0.267. The molecule has 1 saturated carbocycles. The van der Waals surface area contributed by atoms with Gasteiger partial charge in [0, 0.05) is 0 Å². The molecule has 1 N–H and O–H groups in total. The molecule has 1 aliphatic carbocycles. The first kappa shape index (κ1) is 17.2. The highest BCUT2D eigenvalue weighted by atomic mass is 16.5. The molecule has 25 heavy (non-hydrogen) atoms. The number of nitrogens with zero attached hydrogens (tertiary/aromatic N) is 4. The molecular weight excluding hydrogens is 322 g/mol. The third-order valence-corrected chi connectivity index (χ3v) is 4.54. The van der Waals surface area contributed by atoms with E-state index >= 15 is 0 Å². The number of methoxy groups -OCH3 is 2. The van der Waals surface area contributed by atoms with Gasteiger partial charge in [0.2, 0.25) is 0 Å². The van der Waals surface area contributed by atoms with Crippen molar-refractivity contribution < 1.29 is 14.3 Å². The number of carbonyl (C=O) groups excluding carboxylic acids is 1. The molecule has 0 radical (unpaired) electrons. The quantitative estimate of drug-likeness (QED) is 0.862. The normalized spacial score (nSPS) is 15.0. The van der Waals surface area contributed by atoms with E-state index in [-0.39, 0.29) is 12.5 Å². The lowest BCUT2D eigenvalue weighted by molar-refractivity contribution is 0.0945. The molecule has 0 saturated heterocycles. The number of amides is 1. The molecule has 0 atom stereocenters. The van der Waals surface area contributed by atoms with E-state index in [9.17, 15) is 4.79 Å². The van der Waals surface area contributed by atoms with Gasteiger partial charge in [-0.15, -0.1) is 5.10 Å². The molecule has 0 unspecified atom stereocenters. The molecule has 1 heterocycles. The van der Waals surface area contributed by atoms with E-state index in [0.717, 1.165) is 12.8 Å². The van der Waals surface area contributed by atoms with Crippen LogP contribution in [-0.2, 0) is 6.54 Å². The van der Waals surface area contributed by atoms with Gasteiger partial charge in [0.1, 0.15) is 0 Å². The molecule has 1 fully saturated rings. The Morgan fingerprint density at radius 1 is 1.24 bits per heavy atom. The van der Waals surface area contributed by atoms with Crippen LogP contribution in [0.3, 0.4) is 0 Å². The van der Waals surface area contributed by atoms with E-state index in [1.807, 2.05) is 4.68 Å². The Kier molecular flexibility index (Phi) is 5.47. The summed E-state index contributed by atoms with van der Waals surface area (Å²) < 4.78 is 12.4. The van der Waals surface area contributed by atoms with E-state index in [1.165, 1.54) is 33.5 Å². The Bertz CT molecular complexity index is 725. The van der Waals surface area contributed by atoms with Crippen molar-refractivity contribution in [2.75, 3.05) is 14.2 Å². The topological polar surface area (TPSA) is 91.2 Å². The van der Waals surface area contributed by atoms with Gasteiger partial charge in [-0.2, -0.15) is 0 Å². The van der Waals surface area contributed by atoms with E-state index in [0.29, 0.717) is 28.9 Å². The van der Waals surface area contributed by atoms with Crippen molar-refractivity contribution in [2.45, 2.75) is 44.7 Å². The standard InChI is InChI=1S/C17H23N5O3/c1-24-14-10-6-9-13(16(14)25-2)17(23)18-11-15-19-20-21-22(15)12-7-4-3-5-8-12/h6,9-10,12H,3-5,7-8,11H2,1-2H3,(H,18,23). The van der Waals surface area contributed by atoms with Gasteiger partial charge in [-0.1, -0.05) is 25.3 Å². The molecule has 1 aromatic carbocycles. The van der Waals surface area contributed by atoms with Crippen molar-refractivity contribution in [1.29, 1.82) is 0 Å². The van der Waals surface area contributed by atoms with Crippen LogP contribution in [0.5, 0.6) is 11.5 Å². The second kappa shape index (κ2) is 7.96. The van der Waals surface area contributed by atoms with Gasteiger partial charge in [0.25, 0.3) is 5.91 Å². The summed E-state index contributed by atoms with van der Waals surface area (Å²) in [4.78, 5) is 12.6. The minimum Gasteiger partial charge on any atom is -0.493 e. The van der Waals surface area contributed by atoms with Crippen molar-refractivity contribution in [3.8, 4) is 11.5 Å². The zero-order valence-corrected chi connectivity index (χ0v) is 14.6. The largest absolute Gasteiger partial charge is 0.493 e. The van der Waals surface area contributed by atoms with E-state index < -0.39 is 0 Å². The Balaban J connectivity index is 1.70. The lowest BCUT2D eigenvalue weighted by Gasteiger charge is -2.22. The van der Waals surface area contributed by atoms with E-state index in [2.05, 4.69) is 20.8 Å². The summed E-state index contributed by atoms with van der Waals surface area (Å²) in [5, 5.41) is 14.8. The van der Waals surface area contributed by atoms with E-state index in [4.69, 9.17) is 9.47 Å². The Labute approximate surface area is 146 Å². The summed E-state index contributed by atoms with van der Waals surface area (Å²) in [7, 11) is 3.05. The van der Waals surface area contributed by atoms with Crippen LogP contribution < -0.4 is 14.8 Å². The molecule has 0 spiro atoms. The van der Waals surface area contributed by atoms with Crippen molar-refractivity contribution in [2.24, 2.45) is 0 Å². The van der Waals surface area contributed by atoms with Crippen LogP contribution in [0.15, 0.2) is 18.2 Å². The van der Waals surface area contributed by atoms with Gasteiger partial charge in [-0.05, 0) is 35.4 Å². The van der Waals surface area contributed by atoms with Crippen molar-refractivity contribution in [1.82, 2.24) is 25.5 Å². The van der Waals surface area contributed by atoms with Gasteiger partial charge in [0.15, 0.2) is 17.3 Å². The SMILES string of the molecule is COc1cccc(C(=O)NCc2nnnn2C2CCCCC2)c1OC. The van der Waals surface area contributed by atoms with Crippen molar-refractivity contribution in [3.05, 3.63) is 29.6 Å².